The number of rotatable bonds is 5. The number of hydrogen-bond acceptors (Lipinski definition) is 6. The molecule has 1 fully saturated rings. The zero-order valence-electron chi connectivity index (χ0n) is 22.3. The zero-order valence-corrected chi connectivity index (χ0v) is 24.1. The second-order valence-corrected chi connectivity index (χ2v) is 19.8. The molecule has 2 aliphatic heterocycles. The van der Waals surface area contributed by atoms with E-state index in [1.165, 1.54) is 6.92 Å². The van der Waals surface area contributed by atoms with Crippen LogP contribution in [0.5, 0.6) is 0 Å². The zero-order chi connectivity index (χ0) is 26.7. The first kappa shape index (κ1) is 26.7. The maximum Gasteiger partial charge on any atom is 0.410 e. The normalized spacial score (nSPS) is 27.4. The number of ether oxygens (including phenoxy) is 2. The molecule has 0 radical (unpaired) electrons. The Labute approximate surface area is 215 Å². The van der Waals surface area contributed by atoms with E-state index in [1.807, 2.05) is 51.1 Å². The van der Waals surface area contributed by atoms with Crippen molar-refractivity contribution in [1.82, 2.24) is 4.90 Å². The van der Waals surface area contributed by atoms with Crippen LogP contribution in [0.1, 0.15) is 39.7 Å². The van der Waals surface area contributed by atoms with E-state index >= 15 is 0 Å². The molecule has 36 heavy (non-hydrogen) atoms. The van der Waals surface area contributed by atoms with Crippen molar-refractivity contribution in [2.75, 3.05) is 16.6 Å². The van der Waals surface area contributed by atoms with Gasteiger partial charge in [-0.05, 0) is 50.9 Å². The first-order chi connectivity index (χ1) is 16.6. The summed E-state index contributed by atoms with van der Waals surface area (Å²) in [5, 5.41) is 0. The Morgan fingerprint density at radius 1 is 1.14 bits per heavy atom. The molecule has 1 aromatic carbocycles. The summed E-state index contributed by atoms with van der Waals surface area (Å²) in [5.74, 6) is -0.383. The predicted octanol–water partition coefficient (Wildman–Crippen LogP) is 4.29. The van der Waals surface area contributed by atoms with Gasteiger partial charge in [-0.2, -0.15) is 0 Å². The summed E-state index contributed by atoms with van der Waals surface area (Å²) in [6, 6.07) is 7.07. The van der Waals surface area contributed by atoms with Gasteiger partial charge in [0.25, 0.3) is 0 Å². The molecule has 10 heteroatoms. The maximum atomic E-state index is 13.9. The number of benzene rings is 1. The molecular formula is C26H38N2O6SSi. The van der Waals surface area contributed by atoms with Gasteiger partial charge < -0.3 is 14.4 Å². The third-order valence-electron chi connectivity index (χ3n) is 7.19. The summed E-state index contributed by atoms with van der Waals surface area (Å²) in [6.07, 6.45) is 2.92. The number of carbonyl (C=O) groups is 2. The first-order valence-corrected chi connectivity index (χ1v) is 17.9. The molecule has 0 N–H and O–H groups in total. The van der Waals surface area contributed by atoms with Crippen molar-refractivity contribution in [3.05, 3.63) is 42.0 Å². The van der Waals surface area contributed by atoms with E-state index in [1.54, 1.807) is 15.3 Å². The van der Waals surface area contributed by atoms with Gasteiger partial charge in [-0.25, -0.2) is 13.2 Å². The summed E-state index contributed by atoms with van der Waals surface area (Å²) in [5.41, 5.74) is 0.0496. The molecule has 4 atom stereocenters. The van der Waals surface area contributed by atoms with Crippen LogP contribution in [-0.4, -0.2) is 69.5 Å². The lowest BCUT2D eigenvalue weighted by Crippen LogP contribution is -2.61. The van der Waals surface area contributed by atoms with E-state index in [2.05, 4.69) is 19.6 Å². The molecule has 1 aromatic rings. The number of likely N-dealkylation sites (tertiary alicyclic amines) is 1. The first-order valence-electron chi connectivity index (χ1n) is 12.5. The fraction of sp³-hybridized carbons (Fsp3) is 0.615. The van der Waals surface area contributed by atoms with E-state index in [4.69, 9.17) is 9.47 Å². The number of amides is 1. The van der Waals surface area contributed by atoms with Gasteiger partial charge in [0.05, 0.1) is 23.5 Å². The second-order valence-electron chi connectivity index (χ2n) is 12.3. The fourth-order valence-electron chi connectivity index (χ4n) is 5.78. The van der Waals surface area contributed by atoms with Gasteiger partial charge in [0.2, 0.25) is 10.0 Å². The van der Waals surface area contributed by atoms with E-state index in [0.717, 1.165) is 5.56 Å². The van der Waals surface area contributed by atoms with Gasteiger partial charge >= 0.3 is 12.1 Å². The Hall–Kier alpha value is -2.33. The Morgan fingerprint density at radius 2 is 1.81 bits per heavy atom. The van der Waals surface area contributed by atoms with Crippen LogP contribution in [0.2, 0.25) is 25.7 Å². The molecule has 3 aliphatic rings. The molecule has 0 unspecified atom stereocenters. The Bertz CT molecular complexity index is 1190. The average molecular weight is 535 g/mol. The van der Waals surface area contributed by atoms with Gasteiger partial charge in [-0.15, -0.1) is 0 Å². The lowest BCUT2D eigenvalue weighted by atomic mass is 9.66. The van der Waals surface area contributed by atoms with Gasteiger partial charge in [0, 0.05) is 27.0 Å². The van der Waals surface area contributed by atoms with Crippen LogP contribution in [0, 0.1) is 0 Å². The molecule has 0 aromatic heterocycles. The molecule has 198 valence electrons. The summed E-state index contributed by atoms with van der Waals surface area (Å²) >= 11 is 0. The lowest BCUT2D eigenvalue weighted by molar-refractivity contribution is -0.147. The van der Waals surface area contributed by atoms with Crippen LogP contribution in [0.25, 0.3) is 0 Å². The highest BCUT2D eigenvalue weighted by Crippen LogP contribution is 2.58. The smallest absolute Gasteiger partial charge is 0.410 e. The quantitative estimate of drug-likeness (QED) is 0.318. The SMILES string of the molecule is CC(=O)O[C@@H]1C=C[C@H]2N(S(=O)(=O)CC[Si](C)(C)C)c3ccccc3[C@@]23CCN(C(=O)OC(C)(C)C)[C@@H]13. The minimum absolute atomic E-state index is 0.0747. The summed E-state index contributed by atoms with van der Waals surface area (Å²) in [4.78, 5) is 27.0. The molecule has 1 aliphatic carbocycles. The second kappa shape index (κ2) is 8.90. The molecule has 0 bridgehead atoms. The number of carbonyl (C=O) groups excluding carboxylic acids is 2. The Morgan fingerprint density at radius 3 is 2.42 bits per heavy atom. The van der Waals surface area contributed by atoms with Crippen LogP contribution < -0.4 is 4.31 Å². The largest absolute Gasteiger partial charge is 0.456 e. The number of nitrogens with zero attached hydrogens (tertiary/aromatic N) is 2. The van der Waals surface area contributed by atoms with Gasteiger partial charge in [0.1, 0.15) is 11.7 Å². The Kier molecular flexibility index (Phi) is 6.61. The number of hydrogen-bond donors (Lipinski definition) is 0. The van der Waals surface area contributed by atoms with E-state index in [0.29, 0.717) is 24.7 Å². The van der Waals surface area contributed by atoms with E-state index in [-0.39, 0.29) is 5.75 Å². The molecular weight excluding hydrogens is 496 g/mol. The lowest BCUT2D eigenvalue weighted by Gasteiger charge is -2.45. The monoisotopic (exact) mass is 534 g/mol. The highest BCUT2D eigenvalue weighted by atomic mass is 32.2. The molecule has 1 amide bonds. The Balaban J connectivity index is 1.85. The van der Waals surface area contributed by atoms with Crippen LogP contribution in [0.3, 0.4) is 0 Å². The van der Waals surface area contributed by atoms with Crippen molar-refractivity contribution in [2.45, 2.75) is 89.0 Å². The standard InChI is InChI=1S/C26H38N2O6SSi/c1-18(29)33-21-12-13-22-26(14-15-27(23(21)26)24(30)34-25(2,3)4)19-10-8-9-11-20(19)28(22)35(31,32)16-17-36(5,6)7/h8-13,21-23H,14-17H2,1-7H3/t21-,22-,23+,26+/m1/s1. The number of esters is 1. The van der Waals surface area contributed by atoms with E-state index < -0.39 is 59.4 Å². The van der Waals surface area contributed by atoms with Crippen LogP contribution in [0.4, 0.5) is 10.5 Å². The summed E-state index contributed by atoms with van der Waals surface area (Å²) in [6.45, 7) is 13.6. The van der Waals surface area contributed by atoms with Crippen molar-refractivity contribution in [3.8, 4) is 0 Å². The highest BCUT2D eigenvalue weighted by molar-refractivity contribution is 7.92. The van der Waals surface area contributed by atoms with Crippen LogP contribution in [0.15, 0.2) is 36.4 Å². The molecule has 0 saturated carbocycles. The molecule has 2 heterocycles. The minimum Gasteiger partial charge on any atom is -0.456 e. The number of anilines is 1. The van der Waals surface area contributed by atoms with Crippen molar-refractivity contribution in [1.29, 1.82) is 0 Å². The van der Waals surface area contributed by atoms with Crippen LogP contribution in [-0.2, 0) is 29.7 Å². The fourth-order valence-corrected chi connectivity index (χ4v) is 10.5. The predicted molar refractivity (Wildman–Crippen MR) is 142 cm³/mol. The molecule has 8 nitrogen and oxygen atoms in total. The third-order valence-corrected chi connectivity index (χ3v) is 11.0. The average Bonchev–Trinajstić information content (AvgIpc) is 3.27. The van der Waals surface area contributed by atoms with Gasteiger partial charge in [-0.3, -0.25) is 9.10 Å². The maximum absolute atomic E-state index is 13.9. The highest BCUT2D eigenvalue weighted by Gasteiger charge is 2.66. The topological polar surface area (TPSA) is 93.2 Å². The summed E-state index contributed by atoms with van der Waals surface area (Å²) < 4.78 is 40.7. The summed E-state index contributed by atoms with van der Waals surface area (Å²) in [7, 11) is -5.26. The van der Waals surface area contributed by atoms with Crippen molar-refractivity contribution in [3.63, 3.8) is 0 Å². The molecule has 4 rings (SSSR count). The van der Waals surface area contributed by atoms with Crippen molar-refractivity contribution >= 4 is 35.8 Å². The number of fused-ring (bicyclic) bond motifs is 1. The van der Waals surface area contributed by atoms with Gasteiger partial charge in [-0.1, -0.05) is 43.9 Å². The third kappa shape index (κ3) is 4.69. The van der Waals surface area contributed by atoms with Crippen LogP contribution >= 0.6 is 0 Å². The minimum atomic E-state index is -3.65. The molecule has 1 spiro atoms. The number of sulfonamides is 1. The van der Waals surface area contributed by atoms with Gasteiger partial charge in [0.15, 0.2) is 0 Å². The van der Waals surface area contributed by atoms with Crippen molar-refractivity contribution < 1.29 is 27.5 Å². The molecule has 1 saturated heterocycles. The van der Waals surface area contributed by atoms with E-state index in [9.17, 15) is 18.0 Å². The van der Waals surface area contributed by atoms with Crippen molar-refractivity contribution in [2.24, 2.45) is 0 Å². The number of para-hydroxylation sites is 1.